The van der Waals surface area contributed by atoms with Crippen LogP contribution in [0, 0.1) is 0 Å². The van der Waals surface area contributed by atoms with Crippen LogP contribution in [-0.2, 0) is 15.0 Å². The second-order valence-corrected chi connectivity index (χ2v) is 9.69. The quantitative estimate of drug-likeness (QED) is 0.309. The number of carbonyl (C=O) groups excluding carboxylic acids is 2. The number of aromatic nitrogens is 1. The molecular formula is C26H26N2O4S. The van der Waals surface area contributed by atoms with Gasteiger partial charge in [-0.3, -0.25) is 14.5 Å². The summed E-state index contributed by atoms with van der Waals surface area (Å²) in [6.45, 7) is 8.77. The van der Waals surface area contributed by atoms with Gasteiger partial charge in [-0.05, 0) is 47.7 Å². The first-order valence-electron chi connectivity index (χ1n) is 10.8. The Bertz CT molecular complexity index is 1190. The fourth-order valence-corrected chi connectivity index (χ4v) is 4.54. The van der Waals surface area contributed by atoms with Crippen LogP contribution in [-0.4, -0.2) is 28.4 Å². The maximum Gasteiger partial charge on any atom is 0.301 e. The number of aliphatic hydroxyl groups is 1. The summed E-state index contributed by atoms with van der Waals surface area (Å²) in [6.07, 6.45) is 1.59. The summed E-state index contributed by atoms with van der Waals surface area (Å²) in [5, 5.41) is 13.3. The minimum Gasteiger partial charge on any atom is -0.507 e. The lowest BCUT2D eigenvalue weighted by molar-refractivity contribution is -0.132. The third-order valence-electron chi connectivity index (χ3n) is 5.60. The number of nitrogens with zero attached hydrogens (tertiary/aromatic N) is 2. The molecular weight excluding hydrogens is 436 g/mol. The van der Waals surface area contributed by atoms with Gasteiger partial charge < -0.3 is 9.84 Å². The molecule has 0 radical (unpaired) electrons. The summed E-state index contributed by atoms with van der Waals surface area (Å²) in [6, 6.07) is 13.8. The van der Waals surface area contributed by atoms with Gasteiger partial charge >= 0.3 is 5.91 Å². The van der Waals surface area contributed by atoms with Crippen molar-refractivity contribution >= 4 is 33.9 Å². The highest BCUT2D eigenvalue weighted by atomic mass is 32.1. The Morgan fingerprint density at radius 2 is 1.76 bits per heavy atom. The van der Waals surface area contributed by atoms with Gasteiger partial charge in [0.1, 0.15) is 11.5 Å². The lowest BCUT2D eigenvalue weighted by Gasteiger charge is -2.24. The summed E-state index contributed by atoms with van der Waals surface area (Å²) in [5.41, 5.74) is 2.29. The van der Waals surface area contributed by atoms with Gasteiger partial charge in [-0.15, -0.1) is 11.3 Å². The molecule has 1 saturated heterocycles. The monoisotopic (exact) mass is 462 g/mol. The maximum absolute atomic E-state index is 13.1. The molecule has 3 aromatic rings. The molecule has 4 rings (SSSR count). The predicted octanol–water partition coefficient (Wildman–Crippen LogP) is 5.47. The summed E-state index contributed by atoms with van der Waals surface area (Å²) in [4.78, 5) is 31.9. The minimum absolute atomic E-state index is 0.0437. The van der Waals surface area contributed by atoms with Crippen molar-refractivity contribution in [2.45, 2.75) is 39.2 Å². The van der Waals surface area contributed by atoms with Crippen LogP contribution in [0.3, 0.4) is 0 Å². The molecule has 7 heteroatoms. The number of anilines is 1. The molecule has 0 aliphatic carbocycles. The van der Waals surface area contributed by atoms with Crippen molar-refractivity contribution in [3.05, 3.63) is 82.4 Å². The second-order valence-electron chi connectivity index (χ2n) is 8.81. The third-order valence-corrected chi connectivity index (χ3v) is 6.37. The van der Waals surface area contributed by atoms with Crippen LogP contribution in [0.2, 0.25) is 0 Å². The van der Waals surface area contributed by atoms with Crippen LogP contribution in [0.25, 0.3) is 5.76 Å². The molecule has 1 amide bonds. The molecule has 2 aromatic carbocycles. The lowest BCUT2D eigenvalue weighted by atomic mass is 9.85. The standard InChI is InChI=1S/C26H26N2O4S/c1-5-32-19-12-8-17(9-13-19)22(29)20-21(16-6-10-18(11-7-16)26(2,3)4)28(24(31)23(20)30)25-27-14-15-33-25/h6-15,21,29H,5H2,1-4H3/b22-20-. The molecule has 1 aliphatic heterocycles. The van der Waals surface area contributed by atoms with Crippen molar-refractivity contribution in [1.82, 2.24) is 4.98 Å². The van der Waals surface area contributed by atoms with Gasteiger partial charge in [-0.25, -0.2) is 4.98 Å². The molecule has 1 aromatic heterocycles. The van der Waals surface area contributed by atoms with Gasteiger partial charge in [-0.2, -0.15) is 0 Å². The van der Waals surface area contributed by atoms with Gasteiger partial charge in [0.2, 0.25) is 0 Å². The van der Waals surface area contributed by atoms with Crippen LogP contribution < -0.4 is 9.64 Å². The third kappa shape index (κ3) is 4.28. The molecule has 6 nitrogen and oxygen atoms in total. The normalized spacial score (nSPS) is 18.1. The molecule has 0 spiro atoms. The smallest absolute Gasteiger partial charge is 0.301 e. The molecule has 1 fully saturated rings. The molecule has 1 atom stereocenters. The second kappa shape index (κ2) is 8.83. The maximum atomic E-state index is 13.1. The number of hydrogen-bond donors (Lipinski definition) is 1. The number of ketones is 1. The zero-order valence-corrected chi connectivity index (χ0v) is 19.8. The first kappa shape index (κ1) is 22.7. The van der Waals surface area contributed by atoms with Crippen molar-refractivity contribution in [2.75, 3.05) is 11.5 Å². The van der Waals surface area contributed by atoms with Crippen LogP contribution >= 0.6 is 11.3 Å². The first-order valence-corrected chi connectivity index (χ1v) is 11.6. The fourth-order valence-electron chi connectivity index (χ4n) is 3.88. The molecule has 0 bridgehead atoms. The Balaban J connectivity index is 1.85. The van der Waals surface area contributed by atoms with E-state index in [4.69, 9.17) is 4.74 Å². The Morgan fingerprint density at radius 3 is 2.30 bits per heavy atom. The molecule has 0 saturated carbocycles. The van der Waals surface area contributed by atoms with Crippen molar-refractivity contribution < 1.29 is 19.4 Å². The van der Waals surface area contributed by atoms with Gasteiger partial charge in [0.25, 0.3) is 5.78 Å². The highest BCUT2D eigenvalue weighted by molar-refractivity contribution is 7.14. The Hall–Kier alpha value is -3.45. The summed E-state index contributed by atoms with van der Waals surface area (Å²) in [7, 11) is 0. The summed E-state index contributed by atoms with van der Waals surface area (Å²) >= 11 is 1.27. The van der Waals surface area contributed by atoms with Crippen molar-refractivity contribution in [2.24, 2.45) is 0 Å². The van der Waals surface area contributed by atoms with Gasteiger partial charge in [0.05, 0.1) is 18.2 Å². The lowest BCUT2D eigenvalue weighted by Crippen LogP contribution is -2.29. The summed E-state index contributed by atoms with van der Waals surface area (Å²) < 4.78 is 5.47. The number of Topliss-reactive ketones (excluding diaryl/α,β-unsaturated/α-hetero) is 1. The van der Waals surface area contributed by atoms with Crippen LogP contribution in [0.4, 0.5) is 5.13 Å². The number of benzene rings is 2. The van der Waals surface area contributed by atoms with E-state index >= 15 is 0 Å². The fraction of sp³-hybridized carbons (Fsp3) is 0.269. The SMILES string of the molecule is CCOc1ccc(/C(O)=C2/C(=O)C(=O)N(c3nccs3)C2c2ccc(C(C)(C)C)cc2)cc1. The van der Waals surface area contributed by atoms with Crippen molar-refractivity contribution in [1.29, 1.82) is 0 Å². The van der Waals surface area contributed by atoms with Crippen LogP contribution in [0.1, 0.15) is 50.4 Å². The number of amides is 1. The zero-order chi connectivity index (χ0) is 23.8. The van der Waals surface area contributed by atoms with Crippen molar-refractivity contribution in [3.63, 3.8) is 0 Å². The molecule has 1 N–H and O–H groups in total. The van der Waals surface area contributed by atoms with E-state index < -0.39 is 17.7 Å². The van der Waals surface area contributed by atoms with E-state index in [0.29, 0.717) is 23.1 Å². The van der Waals surface area contributed by atoms with E-state index in [1.165, 1.54) is 16.2 Å². The van der Waals surface area contributed by atoms with E-state index in [0.717, 1.165) is 11.1 Å². The van der Waals surface area contributed by atoms with E-state index in [2.05, 4.69) is 25.8 Å². The highest BCUT2D eigenvalue weighted by Crippen LogP contribution is 2.43. The van der Waals surface area contributed by atoms with E-state index in [9.17, 15) is 14.7 Å². The molecule has 2 heterocycles. The van der Waals surface area contributed by atoms with E-state index in [1.807, 2.05) is 31.2 Å². The average molecular weight is 463 g/mol. The predicted molar refractivity (Wildman–Crippen MR) is 130 cm³/mol. The molecule has 1 aliphatic rings. The first-order chi connectivity index (χ1) is 15.7. The Morgan fingerprint density at radius 1 is 1.09 bits per heavy atom. The number of ether oxygens (including phenoxy) is 1. The highest BCUT2D eigenvalue weighted by Gasteiger charge is 2.48. The van der Waals surface area contributed by atoms with Crippen LogP contribution in [0.5, 0.6) is 5.75 Å². The largest absolute Gasteiger partial charge is 0.507 e. The van der Waals surface area contributed by atoms with E-state index in [-0.39, 0.29) is 16.7 Å². The van der Waals surface area contributed by atoms with E-state index in [1.54, 1.807) is 35.8 Å². The Kier molecular flexibility index (Phi) is 6.08. The number of carbonyl (C=O) groups is 2. The number of rotatable bonds is 5. The topological polar surface area (TPSA) is 79.7 Å². The molecule has 170 valence electrons. The van der Waals surface area contributed by atoms with Crippen LogP contribution in [0.15, 0.2) is 65.7 Å². The minimum atomic E-state index is -0.781. The number of thiazole rings is 1. The van der Waals surface area contributed by atoms with Gasteiger partial charge in [0.15, 0.2) is 5.13 Å². The van der Waals surface area contributed by atoms with Gasteiger partial charge in [0, 0.05) is 17.1 Å². The molecule has 33 heavy (non-hydrogen) atoms. The number of aliphatic hydroxyl groups excluding tert-OH is 1. The summed E-state index contributed by atoms with van der Waals surface area (Å²) in [5.74, 6) is -1.00. The zero-order valence-electron chi connectivity index (χ0n) is 19.0. The van der Waals surface area contributed by atoms with Gasteiger partial charge in [-0.1, -0.05) is 45.0 Å². The van der Waals surface area contributed by atoms with Crippen molar-refractivity contribution in [3.8, 4) is 5.75 Å². The number of hydrogen-bond acceptors (Lipinski definition) is 6. The molecule has 1 unspecified atom stereocenters. The average Bonchev–Trinajstić information content (AvgIpc) is 3.40. The Labute approximate surface area is 197 Å².